The Hall–Kier alpha value is -3.63. The average molecular weight is 407 g/mol. The molecule has 3 rings (SSSR count). The number of ether oxygens (including phenoxy) is 1. The lowest BCUT2D eigenvalue weighted by molar-refractivity contribution is -0.274. The minimum atomic E-state index is -4.76. The summed E-state index contributed by atoms with van der Waals surface area (Å²) in [5, 5.41) is 6.47. The van der Waals surface area contributed by atoms with E-state index in [-0.39, 0.29) is 18.8 Å². The van der Waals surface area contributed by atoms with Crippen LogP contribution in [0.25, 0.3) is 5.82 Å². The van der Waals surface area contributed by atoms with Gasteiger partial charge in [0.15, 0.2) is 0 Å². The van der Waals surface area contributed by atoms with Gasteiger partial charge in [0.25, 0.3) is 0 Å². The number of halogens is 3. The normalized spacial score (nSPS) is 11.3. The zero-order valence-electron chi connectivity index (χ0n) is 15.2. The van der Waals surface area contributed by atoms with E-state index < -0.39 is 18.0 Å². The van der Waals surface area contributed by atoms with Crippen LogP contribution in [0.5, 0.6) is 5.75 Å². The van der Waals surface area contributed by atoms with Crippen molar-refractivity contribution in [2.24, 2.45) is 0 Å². The van der Waals surface area contributed by atoms with Crippen molar-refractivity contribution >= 4 is 5.91 Å². The van der Waals surface area contributed by atoms with Crippen LogP contribution in [-0.4, -0.2) is 31.6 Å². The SMILES string of the molecule is Cc1ccc(-n2cnn(CC(=O)NCc3ccc(OC(F)(F)F)cc3)c2=O)nc1. The molecule has 0 saturated heterocycles. The monoisotopic (exact) mass is 407 g/mol. The standard InChI is InChI=1S/C18H16F3N5O3/c1-12-2-7-15(22-8-12)25-11-24-26(17(25)28)10-16(27)23-9-13-3-5-14(6-4-13)29-18(19,20)21/h2-8,11H,9-10H2,1H3,(H,23,27). The van der Waals surface area contributed by atoms with Crippen molar-refractivity contribution < 1.29 is 22.7 Å². The van der Waals surface area contributed by atoms with Crippen LogP contribution in [0.2, 0.25) is 0 Å². The Morgan fingerprint density at radius 3 is 2.52 bits per heavy atom. The van der Waals surface area contributed by atoms with E-state index in [9.17, 15) is 22.8 Å². The summed E-state index contributed by atoms with van der Waals surface area (Å²) in [6.45, 7) is 1.62. The summed E-state index contributed by atoms with van der Waals surface area (Å²) >= 11 is 0. The van der Waals surface area contributed by atoms with E-state index in [0.717, 1.165) is 22.4 Å². The number of carbonyl (C=O) groups is 1. The number of benzene rings is 1. The van der Waals surface area contributed by atoms with Crippen LogP contribution >= 0.6 is 0 Å². The van der Waals surface area contributed by atoms with E-state index in [2.05, 4.69) is 20.1 Å². The molecule has 0 bridgehead atoms. The van der Waals surface area contributed by atoms with Gasteiger partial charge in [0.2, 0.25) is 5.91 Å². The van der Waals surface area contributed by atoms with Gasteiger partial charge in [-0.25, -0.2) is 19.0 Å². The Bertz CT molecular complexity index is 1040. The number of nitrogens with zero attached hydrogens (tertiary/aromatic N) is 4. The van der Waals surface area contributed by atoms with Crippen molar-refractivity contribution in [1.29, 1.82) is 0 Å². The predicted octanol–water partition coefficient (Wildman–Crippen LogP) is 1.95. The summed E-state index contributed by atoms with van der Waals surface area (Å²) in [6.07, 6.45) is -1.88. The van der Waals surface area contributed by atoms with Crippen molar-refractivity contribution in [2.75, 3.05) is 0 Å². The maximum absolute atomic E-state index is 12.4. The van der Waals surface area contributed by atoms with Crippen LogP contribution in [-0.2, 0) is 17.9 Å². The van der Waals surface area contributed by atoms with Gasteiger partial charge in [-0.1, -0.05) is 18.2 Å². The van der Waals surface area contributed by atoms with Crippen LogP contribution in [0.1, 0.15) is 11.1 Å². The molecule has 0 fully saturated rings. The molecule has 1 amide bonds. The summed E-state index contributed by atoms with van der Waals surface area (Å²) in [7, 11) is 0. The van der Waals surface area contributed by atoms with Crippen LogP contribution in [0.3, 0.4) is 0 Å². The van der Waals surface area contributed by atoms with Crippen molar-refractivity contribution in [3.05, 3.63) is 70.5 Å². The second kappa shape index (κ2) is 8.17. The number of pyridine rings is 1. The lowest BCUT2D eigenvalue weighted by Crippen LogP contribution is -2.33. The second-order valence-electron chi connectivity index (χ2n) is 6.10. The molecular weight excluding hydrogens is 391 g/mol. The lowest BCUT2D eigenvalue weighted by atomic mass is 10.2. The smallest absolute Gasteiger partial charge is 0.406 e. The number of aromatic nitrogens is 4. The highest BCUT2D eigenvalue weighted by atomic mass is 19.4. The highest BCUT2D eigenvalue weighted by molar-refractivity contribution is 5.75. The first-order valence-electron chi connectivity index (χ1n) is 8.40. The van der Waals surface area contributed by atoms with Gasteiger partial charge in [0.05, 0.1) is 0 Å². The van der Waals surface area contributed by atoms with Crippen LogP contribution in [0.15, 0.2) is 53.7 Å². The number of rotatable bonds is 6. The first-order valence-corrected chi connectivity index (χ1v) is 8.40. The van der Waals surface area contributed by atoms with Gasteiger partial charge in [0.1, 0.15) is 24.4 Å². The maximum Gasteiger partial charge on any atom is 0.573 e. The molecule has 2 heterocycles. The predicted molar refractivity (Wildman–Crippen MR) is 95.3 cm³/mol. The number of hydrogen-bond donors (Lipinski definition) is 1. The number of alkyl halides is 3. The Labute approximate surface area is 162 Å². The molecule has 1 aromatic carbocycles. The average Bonchev–Trinajstić information content (AvgIpc) is 3.01. The molecule has 0 spiro atoms. The third-order valence-electron chi connectivity index (χ3n) is 3.82. The van der Waals surface area contributed by atoms with Crippen LogP contribution in [0, 0.1) is 6.92 Å². The molecule has 152 valence electrons. The van der Waals surface area contributed by atoms with Gasteiger partial charge < -0.3 is 10.1 Å². The molecule has 0 radical (unpaired) electrons. The quantitative estimate of drug-likeness (QED) is 0.675. The van der Waals surface area contributed by atoms with Gasteiger partial charge in [0, 0.05) is 12.7 Å². The van der Waals surface area contributed by atoms with Crippen molar-refractivity contribution in [3.63, 3.8) is 0 Å². The number of nitrogens with one attached hydrogen (secondary N) is 1. The van der Waals surface area contributed by atoms with Crippen LogP contribution < -0.4 is 15.7 Å². The zero-order valence-corrected chi connectivity index (χ0v) is 15.2. The molecule has 0 aliphatic carbocycles. The second-order valence-corrected chi connectivity index (χ2v) is 6.10. The van der Waals surface area contributed by atoms with Crippen LogP contribution in [0.4, 0.5) is 13.2 Å². The molecule has 11 heteroatoms. The molecule has 0 unspecified atom stereocenters. The maximum atomic E-state index is 12.4. The molecule has 3 aromatic rings. The summed E-state index contributed by atoms with van der Waals surface area (Å²) in [4.78, 5) is 28.6. The van der Waals surface area contributed by atoms with Gasteiger partial charge in [-0.15, -0.1) is 13.2 Å². The molecule has 29 heavy (non-hydrogen) atoms. The topological polar surface area (TPSA) is 91.0 Å². The van der Waals surface area contributed by atoms with E-state index in [4.69, 9.17) is 0 Å². The summed E-state index contributed by atoms with van der Waals surface area (Å²) < 4.78 is 42.4. The largest absolute Gasteiger partial charge is 0.573 e. The number of carbonyl (C=O) groups excluding carboxylic acids is 1. The van der Waals surface area contributed by atoms with Crippen molar-refractivity contribution in [2.45, 2.75) is 26.4 Å². The first-order chi connectivity index (χ1) is 13.7. The van der Waals surface area contributed by atoms with E-state index in [1.807, 2.05) is 6.92 Å². The van der Waals surface area contributed by atoms with E-state index in [1.54, 1.807) is 18.3 Å². The highest BCUT2D eigenvalue weighted by Crippen LogP contribution is 2.22. The van der Waals surface area contributed by atoms with Gasteiger partial charge >= 0.3 is 12.1 Å². The molecule has 0 aliphatic rings. The summed E-state index contributed by atoms with van der Waals surface area (Å²) in [6, 6.07) is 8.54. The molecule has 0 saturated carbocycles. The fourth-order valence-electron chi connectivity index (χ4n) is 2.41. The molecule has 0 aliphatic heterocycles. The first kappa shape index (κ1) is 20.1. The Morgan fingerprint density at radius 2 is 1.90 bits per heavy atom. The van der Waals surface area contributed by atoms with Gasteiger partial charge in [-0.05, 0) is 36.2 Å². The molecule has 1 N–H and O–H groups in total. The Morgan fingerprint density at radius 1 is 1.17 bits per heavy atom. The highest BCUT2D eigenvalue weighted by Gasteiger charge is 2.30. The van der Waals surface area contributed by atoms with E-state index >= 15 is 0 Å². The molecule has 2 aromatic heterocycles. The van der Waals surface area contributed by atoms with Crippen molar-refractivity contribution in [1.82, 2.24) is 24.6 Å². The summed E-state index contributed by atoms with van der Waals surface area (Å²) in [5.74, 6) is -0.451. The third kappa shape index (κ3) is 5.43. The Kier molecular flexibility index (Phi) is 5.66. The number of aryl methyl sites for hydroxylation is 1. The molecule has 0 atom stereocenters. The zero-order chi connectivity index (χ0) is 21.0. The molecular formula is C18H16F3N5O3. The fourth-order valence-corrected chi connectivity index (χ4v) is 2.41. The lowest BCUT2D eigenvalue weighted by Gasteiger charge is -2.09. The van der Waals surface area contributed by atoms with Gasteiger partial charge in [-0.2, -0.15) is 5.10 Å². The minimum absolute atomic E-state index is 0.0696. The van der Waals surface area contributed by atoms with Crippen molar-refractivity contribution in [3.8, 4) is 11.6 Å². The number of amides is 1. The van der Waals surface area contributed by atoms with E-state index in [0.29, 0.717) is 11.4 Å². The van der Waals surface area contributed by atoms with E-state index in [1.165, 1.54) is 23.0 Å². The fraction of sp³-hybridized carbons (Fsp3) is 0.222. The van der Waals surface area contributed by atoms with Gasteiger partial charge in [-0.3, -0.25) is 4.79 Å². The third-order valence-corrected chi connectivity index (χ3v) is 3.82. The Balaban J connectivity index is 1.57. The summed E-state index contributed by atoms with van der Waals surface area (Å²) in [5.41, 5.74) is 0.978. The number of hydrogen-bond acceptors (Lipinski definition) is 5. The molecule has 8 nitrogen and oxygen atoms in total. The minimum Gasteiger partial charge on any atom is -0.406 e.